The van der Waals surface area contributed by atoms with Crippen LogP contribution in [0.4, 0.5) is 5.82 Å². The number of rotatable bonds is 4. The van der Waals surface area contributed by atoms with Crippen molar-refractivity contribution in [2.75, 3.05) is 11.4 Å². The minimum atomic E-state index is 0.0276. The number of carbonyl (C=O) groups excluding carboxylic acids is 1. The van der Waals surface area contributed by atoms with Gasteiger partial charge in [-0.1, -0.05) is 26.8 Å². The standard InChI is InChI=1S/C23H31N3O/c1-15-11-22(25-17(3)20(15)12-19(27)13-23(4,5)6)26-10-9-21-18(14-26)8-7-16(2)24-21/h7-8,11H,9-10,12-14H2,1-6H3. The predicted molar refractivity (Wildman–Crippen MR) is 110 cm³/mol. The molecular weight excluding hydrogens is 334 g/mol. The Morgan fingerprint density at radius 2 is 1.89 bits per heavy atom. The van der Waals surface area contributed by atoms with Crippen molar-refractivity contribution in [3.63, 3.8) is 0 Å². The molecule has 1 aliphatic rings. The van der Waals surface area contributed by atoms with E-state index in [-0.39, 0.29) is 11.2 Å². The minimum absolute atomic E-state index is 0.0276. The van der Waals surface area contributed by atoms with Crippen LogP contribution in [0.2, 0.25) is 0 Å². The quantitative estimate of drug-likeness (QED) is 0.799. The van der Waals surface area contributed by atoms with E-state index in [4.69, 9.17) is 4.98 Å². The molecule has 3 heterocycles. The summed E-state index contributed by atoms with van der Waals surface area (Å²) < 4.78 is 0. The lowest BCUT2D eigenvalue weighted by Gasteiger charge is -2.30. The van der Waals surface area contributed by atoms with Gasteiger partial charge in [-0.2, -0.15) is 0 Å². The van der Waals surface area contributed by atoms with Crippen LogP contribution in [-0.4, -0.2) is 22.3 Å². The van der Waals surface area contributed by atoms with Crippen molar-refractivity contribution in [3.8, 4) is 0 Å². The maximum atomic E-state index is 12.4. The Morgan fingerprint density at radius 3 is 2.56 bits per heavy atom. The van der Waals surface area contributed by atoms with Crippen LogP contribution in [-0.2, 0) is 24.2 Å². The van der Waals surface area contributed by atoms with Crippen LogP contribution >= 0.6 is 0 Å². The van der Waals surface area contributed by atoms with Crippen LogP contribution in [0.25, 0.3) is 0 Å². The molecule has 3 rings (SSSR count). The molecule has 2 aromatic rings. The molecule has 0 saturated heterocycles. The first-order chi connectivity index (χ1) is 12.6. The highest BCUT2D eigenvalue weighted by Gasteiger charge is 2.22. The first-order valence-electron chi connectivity index (χ1n) is 9.81. The predicted octanol–water partition coefficient (Wildman–Crippen LogP) is 4.51. The maximum absolute atomic E-state index is 12.4. The first kappa shape index (κ1) is 19.5. The number of carbonyl (C=O) groups is 1. The monoisotopic (exact) mass is 365 g/mol. The van der Waals surface area contributed by atoms with E-state index in [1.54, 1.807) is 0 Å². The van der Waals surface area contributed by atoms with Crippen LogP contribution in [0.15, 0.2) is 18.2 Å². The van der Waals surface area contributed by atoms with E-state index in [1.165, 1.54) is 11.3 Å². The minimum Gasteiger partial charge on any atom is -0.352 e. The van der Waals surface area contributed by atoms with Crippen LogP contribution in [0.5, 0.6) is 0 Å². The Balaban J connectivity index is 1.79. The van der Waals surface area contributed by atoms with Gasteiger partial charge in [0.1, 0.15) is 11.6 Å². The SMILES string of the molecule is Cc1ccc2c(n1)CCN(c1cc(C)c(CC(=O)CC(C)(C)C)c(C)n1)C2. The molecule has 0 N–H and O–H groups in total. The first-order valence-corrected chi connectivity index (χ1v) is 9.81. The third-order valence-corrected chi connectivity index (χ3v) is 5.15. The molecule has 144 valence electrons. The summed E-state index contributed by atoms with van der Waals surface area (Å²) in [5.74, 6) is 1.29. The Morgan fingerprint density at radius 1 is 1.15 bits per heavy atom. The molecule has 0 unspecified atom stereocenters. The van der Waals surface area contributed by atoms with E-state index in [0.29, 0.717) is 12.8 Å². The number of hydrogen-bond acceptors (Lipinski definition) is 4. The Kier molecular flexibility index (Phi) is 5.36. The highest BCUT2D eigenvalue weighted by atomic mass is 16.1. The average molecular weight is 366 g/mol. The molecule has 0 bridgehead atoms. The normalized spacial score (nSPS) is 14.2. The zero-order chi connectivity index (χ0) is 19.8. The van der Waals surface area contributed by atoms with Gasteiger partial charge in [0.25, 0.3) is 0 Å². The van der Waals surface area contributed by atoms with Crippen LogP contribution < -0.4 is 4.90 Å². The van der Waals surface area contributed by atoms with E-state index in [2.05, 4.69) is 55.8 Å². The second-order valence-electron chi connectivity index (χ2n) is 9.04. The zero-order valence-electron chi connectivity index (χ0n) is 17.5. The molecule has 0 radical (unpaired) electrons. The largest absolute Gasteiger partial charge is 0.352 e. The summed E-state index contributed by atoms with van der Waals surface area (Å²) in [4.78, 5) is 24.3. The molecular formula is C23H31N3O. The van der Waals surface area contributed by atoms with E-state index in [9.17, 15) is 4.79 Å². The van der Waals surface area contributed by atoms with Gasteiger partial charge in [0.05, 0.1) is 0 Å². The number of aryl methyl sites for hydroxylation is 3. The van der Waals surface area contributed by atoms with Gasteiger partial charge in [0.15, 0.2) is 0 Å². The van der Waals surface area contributed by atoms with Crippen molar-refractivity contribution in [1.29, 1.82) is 0 Å². The van der Waals surface area contributed by atoms with Gasteiger partial charge < -0.3 is 4.90 Å². The number of ketones is 1. The molecule has 0 fully saturated rings. The van der Waals surface area contributed by atoms with Crippen molar-refractivity contribution in [1.82, 2.24) is 9.97 Å². The molecule has 1 aliphatic heterocycles. The fraction of sp³-hybridized carbons (Fsp3) is 0.522. The van der Waals surface area contributed by atoms with Crippen LogP contribution in [0, 0.1) is 26.2 Å². The van der Waals surface area contributed by atoms with Crippen molar-refractivity contribution in [2.45, 2.75) is 67.3 Å². The fourth-order valence-electron chi connectivity index (χ4n) is 3.84. The number of anilines is 1. The Bertz CT molecular complexity index is 841. The van der Waals surface area contributed by atoms with Crippen molar-refractivity contribution >= 4 is 11.6 Å². The molecule has 4 nitrogen and oxygen atoms in total. The average Bonchev–Trinajstić information content (AvgIpc) is 2.56. The van der Waals surface area contributed by atoms with Crippen LogP contribution in [0.1, 0.15) is 61.0 Å². The Hall–Kier alpha value is -2.23. The van der Waals surface area contributed by atoms with Crippen LogP contribution in [0.3, 0.4) is 0 Å². The molecule has 0 atom stereocenters. The molecule has 0 aliphatic carbocycles. The fourth-order valence-corrected chi connectivity index (χ4v) is 3.84. The molecule has 0 amide bonds. The number of nitrogens with zero attached hydrogens (tertiary/aromatic N) is 3. The van der Waals surface area contributed by atoms with Crippen molar-refractivity contribution in [3.05, 3.63) is 52.0 Å². The zero-order valence-corrected chi connectivity index (χ0v) is 17.5. The second kappa shape index (κ2) is 7.41. The van der Waals surface area contributed by atoms with E-state index >= 15 is 0 Å². The van der Waals surface area contributed by atoms with E-state index in [1.807, 2.05) is 13.8 Å². The summed E-state index contributed by atoms with van der Waals surface area (Å²) in [5, 5.41) is 0. The van der Waals surface area contributed by atoms with E-state index < -0.39 is 0 Å². The summed E-state index contributed by atoms with van der Waals surface area (Å²) in [6.45, 7) is 14.3. The summed E-state index contributed by atoms with van der Waals surface area (Å²) in [6.07, 6.45) is 2.03. The molecule has 0 spiro atoms. The van der Waals surface area contributed by atoms with Crippen molar-refractivity contribution in [2.24, 2.45) is 5.41 Å². The van der Waals surface area contributed by atoms with Gasteiger partial charge in [-0.25, -0.2) is 4.98 Å². The Labute approximate surface area is 163 Å². The number of pyridine rings is 2. The maximum Gasteiger partial charge on any atom is 0.137 e. The smallest absolute Gasteiger partial charge is 0.137 e. The van der Waals surface area contributed by atoms with Gasteiger partial charge in [0, 0.05) is 49.4 Å². The molecule has 27 heavy (non-hydrogen) atoms. The number of aromatic nitrogens is 2. The summed E-state index contributed by atoms with van der Waals surface area (Å²) in [6, 6.07) is 6.40. The van der Waals surface area contributed by atoms with Gasteiger partial charge in [0.2, 0.25) is 0 Å². The second-order valence-corrected chi connectivity index (χ2v) is 9.04. The van der Waals surface area contributed by atoms with Gasteiger partial charge in [-0.15, -0.1) is 0 Å². The van der Waals surface area contributed by atoms with Crippen molar-refractivity contribution < 1.29 is 4.79 Å². The lowest BCUT2D eigenvalue weighted by atomic mass is 9.87. The number of fused-ring (bicyclic) bond motifs is 1. The third kappa shape index (κ3) is 4.74. The summed E-state index contributed by atoms with van der Waals surface area (Å²) >= 11 is 0. The van der Waals surface area contributed by atoms with Gasteiger partial charge >= 0.3 is 0 Å². The third-order valence-electron chi connectivity index (χ3n) is 5.15. The topological polar surface area (TPSA) is 46.1 Å². The van der Waals surface area contributed by atoms with Gasteiger partial charge in [-0.3, -0.25) is 9.78 Å². The summed E-state index contributed by atoms with van der Waals surface area (Å²) in [5.41, 5.74) is 6.82. The van der Waals surface area contributed by atoms with E-state index in [0.717, 1.165) is 47.8 Å². The summed E-state index contributed by atoms with van der Waals surface area (Å²) in [7, 11) is 0. The van der Waals surface area contributed by atoms with Gasteiger partial charge in [-0.05, 0) is 55.0 Å². The lowest BCUT2D eigenvalue weighted by molar-refractivity contribution is -0.120. The molecule has 2 aromatic heterocycles. The lowest BCUT2D eigenvalue weighted by Crippen LogP contribution is -2.32. The number of Topliss-reactive ketones (excluding diaryl/α,β-unsaturated/α-hetero) is 1. The number of hydrogen-bond donors (Lipinski definition) is 0. The molecule has 0 aromatic carbocycles. The highest BCUT2D eigenvalue weighted by Crippen LogP contribution is 2.27. The highest BCUT2D eigenvalue weighted by molar-refractivity contribution is 5.82. The molecule has 0 saturated carbocycles. The molecule has 4 heteroatoms.